The Bertz CT molecular complexity index is 383. The summed E-state index contributed by atoms with van der Waals surface area (Å²) in [4.78, 5) is 13.4. The maximum atomic E-state index is 12.6. The standard InChI is InChI=1S/C7H3BrF3NO2/c8-4-2(7(13)14)1-3(9)12-5(4)6(10)11/h1,6H,(H,13,14). The highest BCUT2D eigenvalue weighted by Gasteiger charge is 2.21. The Balaban J connectivity index is 3.40. The molecule has 0 unspecified atom stereocenters. The van der Waals surface area contributed by atoms with Crippen molar-refractivity contribution < 1.29 is 23.1 Å². The van der Waals surface area contributed by atoms with Gasteiger partial charge in [-0.3, -0.25) is 0 Å². The van der Waals surface area contributed by atoms with Gasteiger partial charge in [0.2, 0.25) is 5.95 Å². The Kier molecular flexibility index (Phi) is 3.10. The van der Waals surface area contributed by atoms with Crippen LogP contribution in [-0.4, -0.2) is 16.1 Å². The first-order valence-electron chi connectivity index (χ1n) is 3.31. The van der Waals surface area contributed by atoms with Crippen LogP contribution >= 0.6 is 15.9 Å². The lowest BCUT2D eigenvalue weighted by Gasteiger charge is -2.05. The van der Waals surface area contributed by atoms with Crippen LogP contribution in [0, 0.1) is 5.95 Å². The van der Waals surface area contributed by atoms with Gasteiger partial charge in [0.05, 0.1) is 10.0 Å². The van der Waals surface area contributed by atoms with E-state index < -0.39 is 34.1 Å². The molecule has 0 bridgehead atoms. The van der Waals surface area contributed by atoms with Gasteiger partial charge < -0.3 is 5.11 Å². The van der Waals surface area contributed by atoms with E-state index in [0.717, 1.165) is 0 Å². The van der Waals surface area contributed by atoms with Gasteiger partial charge >= 0.3 is 5.97 Å². The molecular weight excluding hydrogens is 267 g/mol. The molecule has 7 heteroatoms. The van der Waals surface area contributed by atoms with E-state index in [2.05, 4.69) is 20.9 Å². The van der Waals surface area contributed by atoms with Crippen molar-refractivity contribution in [2.45, 2.75) is 6.43 Å². The van der Waals surface area contributed by atoms with E-state index in [1.54, 1.807) is 0 Å². The fourth-order valence-corrected chi connectivity index (χ4v) is 1.36. The summed E-state index contributed by atoms with van der Waals surface area (Å²) in [6.45, 7) is 0. The molecule has 0 atom stereocenters. The van der Waals surface area contributed by atoms with Crippen LogP contribution in [0.2, 0.25) is 0 Å². The Morgan fingerprint density at radius 3 is 2.57 bits per heavy atom. The lowest BCUT2D eigenvalue weighted by molar-refractivity contribution is 0.0694. The summed E-state index contributed by atoms with van der Waals surface area (Å²) >= 11 is 2.63. The largest absolute Gasteiger partial charge is 0.478 e. The molecule has 3 nitrogen and oxygen atoms in total. The van der Waals surface area contributed by atoms with E-state index in [0.29, 0.717) is 6.07 Å². The zero-order valence-electron chi connectivity index (χ0n) is 6.47. The number of alkyl halides is 2. The van der Waals surface area contributed by atoms with Gasteiger partial charge in [-0.1, -0.05) is 0 Å². The Morgan fingerprint density at radius 1 is 1.57 bits per heavy atom. The normalized spacial score (nSPS) is 10.6. The number of halogens is 4. The summed E-state index contributed by atoms with van der Waals surface area (Å²) in [5.41, 5.74) is -1.49. The van der Waals surface area contributed by atoms with Crippen LogP contribution in [0.4, 0.5) is 13.2 Å². The van der Waals surface area contributed by atoms with Crippen LogP contribution in [0.5, 0.6) is 0 Å². The van der Waals surface area contributed by atoms with Gasteiger partial charge in [-0.15, -0.1) is 0 Å². The minimum absolute atomic E-state index is 0.401. The molecule has 1 aromatic rings. The Labute approximate surface area is 84.7 Å². The number of carbonyl (C=O) groups is 1. The lowest BCUT2D eigenvalue weighted by atomic mass is 10.2. The van der Waals surface area contributed by atoms with Crippen molar-refractivity contribution >= 4 is 21.9 Å². The van der Waals surface area contributed by atoms with E-state index in [1.807, 2.05) is 0 Å². The Morgan fingerprint density at radius 2 is 2.14 bits per heavy atom. The van der Waals surface area contributed by atoms with Crippen LogP contribution in [0.3, 0.4) is 0 Å². The molecule has 0 aliphatic rings. The first kappa shape index (κ1) is 11.0. The second-order valence-electron chi connectivity index (χ2n) is 2.30. The van der Waals surface area contributed by atoms with Gasteiger partial charge in [0.15, 0.2) is 0 Å². The highest BCUT2D eigenvalue weighted by atomic mass is 79.9. The molecule has 0 spiro atoms. The van der Waals surface area contributed by atoms with Gasteiger partial charge in [-0.25, -0.2) is 18.6 Å². The van der Waals surface area contributed by atoms with Crippen molar-refractivity contribution in [3.8, 4) is 0 Å². The summed E-state index contributed by atoms with van der Waals surface area (Å²) in [7, 11) is 0. The molecule has 0 saturated heterocycles. The van der Waals surface area contributed by atoms with E-state index in [-0.39, 0.29) is 0 Å². The third-order valence-electron chi connectivity index (χ3n) is 1.39. The van der Waals surface area contributed by atoms with Crippen molar-refractivity contribution in [3.63, 3.8) is 0 Å². The summed E-state index contributed by atoms with van der Waals surface area (Å²) in [5.74, 6) is -2.75. The SMILES string of the molecule is O=C(O)c1cc(F)nc(C(F)F)c1Br. The molecule has 1 aromatic heterocycles. The fourth-order valence-electron chi connectivity index (χ4n) is 0.817. The van der Waals surface area contributed by atoms with Gasteiger partial charge in [-0.2, -0.15) is 4.39 Å². The molecule has 0 radical (unpaired) electrons. The van der Waals surface area contributed by atoms with Crippen molar-refractivity contribution in [2.75, 3.05) is 0 Å². The first-order valence-corrected chi connectivity index (χ1v) is 4.10. The molecule has 0 aliphatic heterocycles. The number of nitrogens with zero attached hydrogens (tertiary/aromatic N) is 1. The number of aromatic carboxylic acids is 1. The number of hydrogen-bond donors (Lipinski definition) is 1. The fraction of sp³-hybridized carbons (Fsp3) is 0.143. The highest BCUT2D eigenvalue weighted by Crippen LogP contribution is 2.28. The molecule has 14 heavy (non-hydrogen) atoms. The number of aromatic nitrogens is 1. The van der Waals surface area contributed by atoms with Crippen molar-refractivity contribution in [1.29, 1.82) is 0 Å². The minimum Gasteiger partial charge on any atom is -0.478 e. The quantitative estimate of drug-likeness (QED) is 0.840. The topological polar surface area (TPSA) is 50.2 Å². The molecule has 0 aromatic carbocycles. The molecule has 0 saturated carbocycles. The summed E-state index contributed by atoms with van der Waals surface area (Å²) < 4.78 is 36.6. The Hall–Kier alpha value is -1.11. The predicted octanol–water partition coefficient (Wildman–Crippen LogP) is 2.62. The van der Waals surface area contributed by atoms with Gasteiger partial charge in [0.1, 0.15) is 5.69 Å². The third-order valence-corrected chi connectivity index (χ3v) is 2.22. The first-order chi connectivity index (χ1) is 6.43. The summed E-state index contributed by atoms with van der Waals surface area (Å²) in [6, 6.07) is 0.568. The third kappa shape index (κ3) is 2.03. The zero-order valence-corrected chi connectivity index (χ0v) is 8.06. The molecule has 76 valence electrons. The van der Waals surface area contributed by atoms with Crippen LogP contribution in [0.25, 0.3) is 0 Å². The number of carboxylic acid groups (broad SMARTS) is 1. The van der Waals surface area contributed by atoms with Crippen molar-refractivity contribution in [2.24, 2.45) is 0 Å². The lowest BCUT2D eigenvalue weighted by Crippen LogP contribution is -2.05. The monoisotopic (exact) mass is 269 g/mol. The number of hydrogen-bond acceptors (Lipinski definition) is 2. The van der Waals surface area contributed by atoms with E-state index in [4.69, 9.17) is 5.11 Å². The number of pyridine rings is 1. The van der Waals surface area contributed by atoms with Crippen LogP contribution in [-0.2, 0) is 0 Å². The van der Waals surface area contributed by atoms with E-state index >= 15 is 0 Å². The second kappa shape index (κ2) is 3.95. The number of rotatable bonds is 2. The summed E-state index contributed by atoms with van der Waals surface area (Å²) in [6.07, 6.45) is -3.03. The molecular formula is C7H3BrF3NO2. The van der Waals surface area contributed by atoms with E-state index in [9.17, 15) is 18.0 Å². The van der Waals surface area contributed by atoms with Crippen LogP contribution < -0.4 is 0 Å². The molecule has 1 rings (SSSR count). The van der Waals surface area contributed by atoms with Gasteiger partial charge in [0, 0.05) is 6.07 Å². The smallest absolute Gasteiger partial charge is 0.337 e. The molecule has 0 amide bonds. The summed E-state index contributed by atoms with van der Waals surface area (Å²) in [5, 5.41) is 8.53. The van der Waals surface area contributed by atoms with Crippen molar-refractivity contribution in [1.82, 2.24) is 4.98 Å². The average Bonchev–Trinajstić information content (AvgIpc) is 2.07. The second-order valence-corrected chi connectivity index (χ2v) is 3.09. The molecule has 0 fully saturated rings. The maximum absolute atomic E-state index is 12.6. The molecule has 0 aliphatic carbocycles. The minimum atomic E-state index is -3.03. The van der Waals surface area contributed by atoms with E-state index in [1.165, 1.54) is 0 Å². The number of carboxylic acids is 1. The average molecular weight is 270 g/mol. The molecule has 1 heterocycles. The van der Waals surface area contributed by atoms with Crippen LogP contribution in [0.15, 0.2) is 10.5 Å². The highest BCUT2D eigenvalue weighted by molar-refractivity contribution is 9.10. The van der Waals surface area contributed by atoms with Gasteiger partial charge in [-0.05, 0) is 15.9 Å². The zero-order chi connectivity index (χ0) is 10.9. The van der Waals surface area contributed by atoms with Crippen molar-refractivity contribution in [3.05, 3.63) is 27.7 Å². The van der Waals surface area contributed by atoms with Crippen LogP contribution in [0.1, 0.15) is 22.5 Å². The van der Waals surface area contributed by atoms with Gasteiger partial charge in [0.25, 0.3) is 6.43 Å². The maximum Gasteiger partial charge on any atom is 0.337 e. The molecule has 1 N–H and O–H groups in total. The predicted molar refractivity (Wildman–Crippen MR) is 43.8 cm³/mol.